The molecule has 0 heterocycles. The van der Waals surface area contributed by atoms with Crippen molar-refractivity contribution in [3.8, 4) is 11.5 Å². The molecule has 0 bridgehead atoms. The minimum absolute atomic E-state index is 0. The third-order valence-electron chi connectivity index (χ3n) is 2.28. The summed E-state index contributed by atoms with van der Waals surface area (Å²) in [6, 6.07) is 4.10. The Labute approximate surface area is 96.3 Å². The van der Waals surface area contributed by atoms with Gasteiger partial charge in [-0.1, -0.05) is 20.8 Å². The van der Waals surface area contributed by atoms with Crippen LogP contribution in [0.25, 0.3) is 0 Å². The van der Waals surface area contributed by atoms with E-state index in [9.17, 15) is 10.2 Å². The molecule has 3 nitrogen and oxygen atoms in total. The molecule has 1 aromatic carbocycles. The van der Waals surface area contributed by atoms with E-state index in [0.717, 1.165) is 0 Å². The van der Waals surface area contributed by atoms with E-state index in [1.807, 2.05) is 20.8 Å². The summed E-state index contributed by atoms with van der Waals surface area (Å²) in [5, 5.41) is 18.9. The molecule has 0 spiro atoms. The lowest BCUT2D eigenvalue weighted by Crippen LogP contribution is -2.26. The second-order valence-electron chi connectivity index (χ2n) is 4.59. The second-order valence-corrected chi connectivity index (χ2v) is 4.59. The smallest absolute Gasteiger partial charge is 0.120 e. The minimum Gasteiger partial charge on any atom is -0.508 e. The van der Waals surface area contributed by atoms with Gasteiger partial charge in [-0.05, 0) is 23.6 Å². The van der Waals surface area contributed by atoms with Gasteiger partial charge in [0.2, 0.25) is 0 Å². The van der Waals surface area contributed by atoms with Crippen LogP contribution in [0.5, 0.6) is 11.5 Å². The molecule has 0 aromatic heterocycles. The summed E-state index contributed by atoms with van der Waals surface area (Å²) >= 11 is 0. The highest BCUT2D eigenvalue weighted by atomic mass is 35.5. The summed E-state index contributed by atoms with van der Waals surface area (Å²) in [7, 11) is 0. The maximum absolute atomic E-state index is 9.58. The van der Waals surface area contributed by atoms with Gasteiger partial charge in [0.05, 0.1) is 0 Å². The van der Waals surface area contributed by atoms with Crippen LogP contribution in [0, 0.1) is 5.41 Å². The van der Waals surface area contributed by atoms with E-state index in [1.165, 1.54) is 18.2 Å². The highest BCUT2D eigenvalue weighted by Gasteiger charge is 2.24. The van der Waals surface area contributed by atoms with Gasteiger partial charge in [-0.2, -0.15) is 0 Å². The highest BCUT2D eigenvalue weighted by Crippen LogP contribution is 2.36. The highest BCUT2D eigenvalue weighted by molar-refractivity contribution is 5.85. The molecule has 0 amide bonds. The fourth-order valence-electron chi connectivity index (χ4n) is 1.26. The van der Waals surface area contributed by atoms with Gasteiger partial charge in [-0.3, -0.25) is 0 Å². The van der Waals surface area contributed by atoms with E-state index in [4.69, 9.17) is 5.73 Å². The zero-order chi connectivity index (χ0) is 10.9. The monoisotopic (exact) mass is 231 g/mol. The molecular formula is C11H18ClNO2. The average Bonchev–Trinajstić information content (AvgIpc) is 2.06. The molecule has 86 valence electrons. The number of hydrogen-bond acceptors (Lipinski definition) is 3. The SMILES string of the molecule is CC(C)(C)[C@H](N)c1cc(O)ccc1O.Cl. The molecule has 0 radical (unpaired) electrons. The molecule has 0 aliphatic heterocycles. The molecule has 1 aromatic rings. The van der Waals surface area contributed by atoms with E-state index in [-0.39, 0.29) is 35.4 Å². The first-order valence-electron chi connectivity index (χ1n) is 4.60. The first kappa shape index (κ1) is 14.1. The fourth-order valence-corrected chi connectivity index (χ4v) is 1.26. The average molecular weight is 232 g/mol. The molecule has 0 aliphatic carbocycles. The Hall–Kier alpha value is -0.930. The largest absolute Gasteiger partial charge is 0.508 e. The Morgan fingerprint density at radius 3 is 2.20 bits per heavy atom. The Kier molecular flexibility index (Phi) is 4.43. The predicted octanol–water partition coefficient (Wildman–Crippen LogP) is 2.57. The fraction of sp³-hybridized carbons (Fsp3) is 0.455. The Balaban J connectivity index is 0.00000196. The van der Waals surface area contributed by atoms with Crippen LogP contribution >= 0.6 is 12.4 Å². The van der Waals surface area contributed by atoms with Crippen LogP contribution in [0.4, 0.5) is 0 Å². The van der Waals surface area contributed by atoms with Gasteiger partial charge >= 0.3 is 0 Å². The van der Waals surface area contributed by atoms with Crippen molar-refractivity contribution in [3.05, 3.63) is 23.8 Å². The van der Waals surface area contributed by atoms with Gasteiger partial charge in [-0.15, -0.1) is 12.4 Å². The quantitative estimate of drug-likeness (QED) is 0.651. The predicted molar refractivity (Wildman–Crippen MR) is 63.4 cm³/mol. The van der Waals surface area contributed by atoms with Gasteiger partial charge < -0.3 is 15.9 Å². The van der Waals surface area contributed by atoms with Crippen molar-refractivity contribution >= 4 is 12.4 Å². The van der Waals surface area contributed by atoms with Crippen LogP contribution in [-0.4, -0.2) is 10.2 Å². The van der Waals surface area contributed by atoms with Crippen LogP contribution in [-0.2, 0) is 0 Å². The van der Waals surface area contributed by atoms with E-state index in [0.29, 0.717) is 5.56 Å². The first-order chi connectivity index (χ1) is 6.32. The van der Waals surface area contributed by atoms with Gasteiger partial charge in [0, 0.05) is 11.6 Å². The zero-order valence-electron chi connectivity index (χ0n) is 9.19. The molecule has 4 N–H and O–H groups in total. The molecule has 1 rings (SSSR count). The van der Waals surface area contributed by atoms with Crippen molar-refractivity contribution in [3.63, 3.8) is 0 Å². The van der Waals surface area contributed by atoms with Crippen LogP contribution < -0.4 is 5.73 Å². The summed E-state index contributed by atoms with van der Waals surface area (Å²) in [6.45, 7) is 5.96. The van der Waals surface area contributed by atoms with E-state index in [2.05, 4.69) is 0 Å². The van der Waals surface area contributed by atoms with Crippen LogP contribution in [0.1, 0.15) is 32.4 Å². The van der Waals surface area contributed by atoms with Crippen LogP contribution in [0.3, 0.4) is 0 Å². The molecule has 4 heteroatoms. The normalized spacial score (nSPS) is 13.1. The summed E-state index contributed by atoms with van der Waals surface area (Å²) < 4.78 is 0. The third kappa shape index (κ3) is 3.29. The Bertz CT molecular complexity index is 334. The summed E-state index contributed by atoms with van der Waals surface area (Å²) in [5.41, 5.74) is 6.40. The number of phenolic OH excluding ortho intramolecular Hbond substituents is 2. The van der Waals surface area contributed by atoms with Crippen molar-refractivity contribution in [2.45, 2.75) is 26.8 Å². The van der Waals surface area contributed by atoms with Gasteiger partial charge in [0.25, 0.3) is 0 Å². The van der Waals surface area contributed by atoms with Gasteiger partial charge in [0.15, 0.2) is 0 Å². The van der Waals surface area contributed by atoms with Crippen molar-refractivity contribution in [2.24, 2.45) is 11.1 Å². The Morgan fingerprint density at radius 2 is 1.73 bits per heavy atom. The first-order valence-corrected chi connectivity index (χ1v) is 4.60. The summed E-state index contributed by atoms with van der Waals surface area (Å²) in [5.74, 6) is 0.253. The van der Waals surface area contributed by atoms with Crippen molar-refractivity contribution in [2.75, 3.05) is 0 Å². The van der Waals surface area contributed by atoms with E-state index in [1.54, 1.807) is 0 Å². The standard InChI is InChI=1S/C11H17NO2.ClH/c1-11(2,3)10(12)8-6-7(13)4-5-9(8)14;/h4-6,10,13-14H,12H2,1-3H3;1H/t10-;/m1./s1. The summed E-state index contributed by atoms with van der Waals surface area (Å²) in [6.07, 6.45) is 0. The molecule has 15 heavy (non-hydrogen) atoms. The lowest BCUT2D eigenvalue weighted by Gasteiger charge is -2.27. The summed E-state index contributed by atoms with van der Waals surface area (Å²) in [4.78, 5) is 0. The molecule has 0 fully saturated rings. The molecular weight excluding hydrogens is 214 g/mol. The van der Waals surface area contributed by atoms with E-state index < -0.39 is 0 Å². The van der Waals surface area contributed by atoms with Crippen molar-refractivity contribution in [1.29, 1.82) is 0 Å². The third-order valence-corrected chi connectivity index (χ3v) is 2.28. The van der Waals surface area contributed by atoms with Gasteiger partial charge in [0.1, 0.15) is 11.5 Å². The number of rotatable bonds is 1. The Morgan fingerprint density at radius 1 is 1.20 bits per heavy atom. The molecule has 1 atom stereocenters. The number of phenols is 2. The number of halogens is 1. The van der Waals surface area contributed by atoms with Crippen molar-refractivity contribution < 1.29 is 10.2 Å². The van der Waals surface area contributed by atoms with Crippen LogP contribution in [0.15, 0.2) is 18.2 Å². The minimum atomic E-state index is -0.297. The number of aromatic hydroxyl groups is 2. The number of nitrogens with two attached hydrogens (primary N) is 1. The lowest BCUT2D eigenvalue weighted by atomic mass is 9.83. The maximum Gasteiger partial charge on any atom is 0.120 e. The molecule has 0 aliphatic rings. The molecule has 0 saturated heterocycles. The lowest BCUT2D eigenvalue weighted by molar-refractivity contribution is 0.316. The van der Waals surface area contributed by atoms with E-state index >= 15 is 0 Å². The second kappa shape index (κ2) is 4.73. The van der Waals surface area contributed by atoms with Crippen molar-refractivity contribution in [1.82, 2.24) is 0 Å². The maximum atomic E-state index is 9.58. The van der Waals surface area contributed by atoms with Gasteiger partial charge in [-0.25, -0.2) is 0 Å². The van der Waals surface area contributed by atoms with Crippen LogP contribution in [0.2, 0.25) is 0 Å². The number of benzene rings is 1. The zero-order valence-corrected chi connectivity index (χ0v) is 10.0. The topological polar surface area (TPSA) is 66.5 Å². The number of hydrogen-bond donors (Lipinski definition) is 3. The molecule has 0 unspecified atom stereocenters. The molecule has 0 saturated carbocycles.